The number of hydrogen-bond acceptors (Lipinski definition) is 6. The van der Waals surface area contributed by atoms with Crippen LogP contribution in [0.25, 0.3) is 10.8 Å². The topological polar surface area (TPSA) is 141 Å². The lowest BCUT2D eigenvalue weighted by atomic mass is 9.96. The van der Waals surface area contributed by atoms with Gasteiger partial charge in [-0.3, -0.25) is 25.2 Å². The van der Waals surface area contributed by atoms with Gasteiger partial charge in [0.15, 0.2) is 5.69 Å². The minimum absolute atomic E-state index is 0.0189. The molecule has 178 valence electrons. The van der Waals surface area contributed by atoms with E-state index in [1.165, 1.54) is 28.6 Å². The van der Waals surface area contributed by atoms with Crippen LogP contribution in [-0.2, 0) is 10.0 Å². The van der Waals surface area contributed by atoms with Crippen LogP contribution < -0.4 is 16.4 Å². The second-order valence-corrected chi connectivity index (χ2v) is 10.2. The van der Waals surface area contributed by atoms with Gasteiger partial charge in [-0.2, -0.15) is 9.40 Å². The highest BCUT2D eigenvalue weighted by molar-refractivity contribution is 7.89. The third-order valence-electron chi connectivity index (χ3n) is 6.08. The van der Waals surface area contributed by atoms with E-state index in [1.807, 2.05) is 0 Å². The molecule has 0 unspecified atom stereocenters. The average molecular weight is 484 g/mol. The fourth-order valence-corrected chi connectivity index (χ4v) is 5.53. The molecule has 1 aliphatic rings. The maximum absolute atomic E-state index is 13.0. The number of aromatic nitrogens is 2. The van der Waals surface area contributed by atoms with Crippen LogP contribution >= 0.6 is 0 Å². The number of benzene rings is 2. The first-order chi connectivity index (χ1) is 16.3. The number of carbonyl (C=O) groups is 2. The van der Waals surface area contributed by atoms with Gasteiger partial charge in [0.05, 0.1) is 10.3 Å². The number of nitrogens with zero attached hydrogens (tertiary/aromatic N) is 2. The monoisotopic (exact) mass is 483 g/mol. The lowest BCUT2D eigenvalue weighted by Gasteiger charge is -2.30. The van der Waals surface area contributed by atoms with Crippen molar-refractivity contribution in [2.75, 3.05) is 7.05 Å². The Labute approximate surface area is 196 Å². The molecule has 2 amide bonds. The van der Waals surface area contributed by atoms with Crippen LogP contribution in [0.5, 0.6) is 0 Å². The smallest absolute Gasteiger partial charge is 0.267 e. The number of amides is 2. The third-order valence-corrected chi connectivity index (χ3v) is 8.01. The third kappa shape index (κ3) is 4.70. The minimum atomic E-state index is -3.67. The number of aromatic amines is 1. The molecule has 1 aromatic heterocycles. The van der Waals surface area contributed by atoms with Gasteiger partial charge >= 0.3 is 0 Å². The Morgan fingerprint density at radius 3 is 2.24 bits per heavy atom. The van der Waals surface area contributed by atoms with E-state index in [-0.39, 0.29) is 22.2 Å². The Morgan fingerprint density at radius 2 is 1.56 bits per heavy atom. The number of fused-ring (bicyclic) bond motifs is 1. The molecule has 10 nitrogen and oxygen atoms in total. The van der Waals surface area contributed by atoms with Crippen LogP contribution in [0.1, 0.15) is 53.0 Å². The van der Waals surface area contributed by atoms with Gasteiger partial charge in [-0.1, -0.05) is 37.5 Å². The fourth-order valence-electron chi connectivity index (χ4n) is 4.12. The molecule has 3 aromatic rings. The summed E-state index contributed by atoms with van der Waals surface area (Å²) in [7, 11) is -2.08. The molecule has 0 saturated heterocycles. The Balaban J connectivity index is 1.43. The van der Waals surface area contributed by atoms with Crippen LogP contribution in [0, 0.1) is 0 Å². The van der Waals surface area contributed by atoms with E-state index in [2.05, 4.69) is 21.0 Å². The number of sulfonamides is 1. The van der Waals surface area contributed by atoms with Gasteiger partial charge in [0.25, 0.3) is 17.4 Å². The second-order valence-electron chi connectivity index (χ2n) is 8.19. The average Bonchev–Trinajstić information content (AvgIpc) is 2.87. The van der Waals surface area contributed by atoms with Crippen molar-refractivity contribution < 1.29 is 18.0 Å². The fraction of sp³-hybridized carbons (Fsp3) is 0.304. The van der Waals surface area contributed by atoms with E-state index < -0.39 is 27.4 Å². The largest absolute Gasteiger partial charge is 0.290 e. The SMILES string of the molecule is CN(C1CCCCC1)S(=O)(=O)c1ccc(C(=O)NNC(=O)c2n[nH]c(=O)c3ccccc23)cc1. The Kier molecular flexibility index (Phi) is 6.75. The molecule has 1 fully saturated rings. The molecule has 11 heteroatoms. The first kappa shape index (κ1) is 23.6. The molecule has 1 aliphatic carbocycles. The van der Waals surface area contributed by atoms with E-state index in [0.29, 0.717) is 10.8 Å². The summed E-state index contributed by atoms with van der Waals surface area (Å²) in [6, 6.07) is 12.0. The summed E-state index contributed by atoms with van der Waals surface area (Å²) in [5.41, 5.74) is 4.23. The summed E-state index contributed by atoms with van der Waals surface area (Å²) in [5.74, 6) is -1.35. The van der Waals surface area contributed by atoms with Crippen molar-refractivity contribution in [2.24, 2.45) is 0 Å². The zero-order valence-corrected chi connectivity index (χ0v) is 19.4. The molecule has 2 aromatic carbocycles. The van der Waals surface area contributed by atoms with Crippen molar-refractivity contribution >= 4 is 32.6 Å². The van der Waals surface area contributed by atoms with Gasteiger partial charge in [0, 0.05) is 24.0 Å². The van der Waals surface area contributed by atoms with Gasteiger partial charge in [-0.15, -0.1) is 0 Å². The molecule has 4 rings (SSSR count). The lowest BCUT2D eigenvalue weighted by molar-refractivity contribution is 0.0844. The van der Waals surface area contributed by atoms with Gasteiger partial charge in [-0.25, -0.2) is 13.5 Å². The van der Waals surface area contributed by atoms with Crippen molar-refractivity contribution in [2.45, 2.75) is 43.0 Å². The normalized spacial score (nSPS) is 14.8. The molecule has 0 aliphatic heterocycles. The van der Waals surface area contributed by atoms with E-state index in [4.69, 9.17) is 0 Å². The van der Waals surface area contributed by atoms with E-state index >= 15 is 0 Å². The Hall–Kier alpha value is -3.57. The van der Waals surface area contributed by atoms with Crippen molar-refractivity contribution in [1.82, 2.24) is 25.4 Å². The summed E-state index contributed by atoms with van der Waals surface area (Å²) >= 11 is 0. The van der Waals surface area contributed by atoms with Crippen LogP contribution in [0.15, 0.2) is 58.2 Å². The number of hydrazine groups is 1. The standard InChI is InChI=1S/C23H25N5O5S/c1-28(16-7-3-2-4-8-16)34(32,33)17-13-11-15(12-14-17)21(29)25-27-23(31)20-18-9-5-6-10-19(18)22(30)26-24-20/h5-6,9-14,16H,2-4,7-8H2,1H3,(H,25,29)(H,26,30)(H,27,31). The van der Waals surface area contributed by atoms with Gasteiger partial charge in [0.1, 0.15) is 0 Å². The lowest BCUT2D eigenvalue weighted by Crippen LogP contribution is -2.42. The molecular formula is C23H25N5O5S. The van der Waals surface area contributed by atoms with Gasteiger partial charge < -0.3 is 0 Å². The Bertz CT molecular complexity index is 1380. The highest BCUT2D eigenvalue weighted by atomic mass is 32.2. The minimum Gasteiger partial charge on any atom is -0.267 e. The number of carbonyl (C=O) groups excluding carboxylic acids is 2. The van der Waals surface area contributed by atoms with Gasteiger partial charge in [0.2, 0.25) is 10.0 Å². The zero-order valence-electron chi connectivity index (χ0n) is 18.6. The molecule has 1 saturated carbocycles. The summed E-state index contributed by atoms with van der Waals surface area (Å²) < 4.78 is 27.3. The molecule has 0 atom stereocenters. The maximum atomic E-state index is 13.0. The number of hydrogen-bond donors (Lipinski definition) is 3. The molecule has 34 heavy (non-hydrogen) atoms. The summed E-state index contributed by atoms with van der Waals surface area (Å²) in [6.45, 7) is 0. The van der Waals surface area contributed by atoms with Crippen LogP contribution in [-0.4, -0.2) is 47.8 Å². The summed E-state index contributed by atoms with van der Waals surface area (Å²) in [6.07, 6.45) is 4.84. The maximum Gasteiger partial charge on any atom is 0.290 e. The van der Waals surface area contributed by atoms with E-state index in [0.717, 1.165) is 32.1 Å². The summed E-state index contributed by atoms with van der Waals surface area (Å²) in [4.78, 5) is 37.0. The predicted octanol–water partition coefficient (Wildman–Crippen LogP) is 1.95. The van der Waals surface area contributed by atoms with Crippen molar-refractivity contribution in [3.05, 3.63) is 70.1 Å². The van der Waals surface area contributed by atoms with Crippen molar-refractivity contribution in [3.8, 4) is 0 Å². The number of nitrogens with one attached hydrogen (secondary N) is 3. The molecule has 1 heterocycles. The zero-order chi connectivity index (χ0) is 24.3. The van der Waals surface area contributed by atoms with E-state index in [9.17, 15) is 22.8 Å². The van der Waals surface area contributed by atoms with Crippen LogP contribution in [0.4, 0.5) is 0 Å². The molecule has 3 N–H and O–H groups in total. The van der Waals surface area contributed by atoms with E-state index in [1.54, 1.807) is 31.3 Å². The highest BCUT2D eigenvalue weighted by Gasteiger charge is 2.29. The second kappa shape index (κ2) is 9.74. The predicted molar refractivity (Wildman–Crippen MR) is 126 cm³/mol. The molecule has 0 spiro atoms. The first-order valence-electron chi connectivity index (χ1n) is 11.0. The van der Waals surface area contributed by atoms with Crippen LogP contribution in [0.3, 0.4) is 0 Å². The molecule has 0 radical (unpaired) electrons. The molecule has 0 bridgehead atoms. The first-order valence-corrected chi connectivity index (χ1v) is 12.4. The van der Waals surface area contributed by atoms with Crippen molar-refractivity contribution in [3.63, 3.8) is 0 Å². The van der Waals surface area contributed by atoms with Crippen LogP contribution in [0.2, 0.25) is 0 Å². The van der Waals surface area contributed by atoms with Crippen molar-refractivity contribution in [1.29, 1.82) is 0 Å². The number of H-pyrrole nitrogens is 1. The number of rotatable bonds is 5. The quantitative estimate of drug-likeness (QED) is 0.474. The van der Waals surface area contributed by atoms with Gasteiger partial charge in [-0.05, 0) is 43.2 Å². The Morgan fingerprint density at radius 1 is 0.941 bits per heavy atom. The summed E-state index contributed by atoms with van der Waals surface area (Å²) in [5, 5.41) is 6.67. The molecular weight excluding hydrogens is 458 g/mol. The highest BCUT2D eigenvalue weighted by Crippen LogP contribution is 2.26.